The Kier molecular flexibility index (Phi) is 3.31. The van der Waals surface area contributed by atoms with E-state index in [9.17, 15) is 0 Å². The van der Waals surface area contributed by atoms with Crippen LogP contribution in [0.3, 0.4) is 0 Å². The Labute approximate surface area is 77.7 Å². The van der Waals surface area contributed by atoms with Gasteiger partial charge in [0, 0.05) is 0 Å². The number of rotatable bonds is 3. The van der Waals surface area contributed by atoms with Crippen LogP contribution in [0.25, 0.3) is 0 Å². The molecular formula is C7H11N3OSe. The summed E-state index contributed by atoms with van der Waals surface area (Å²) >= 11 is 0.561. The Morgan fingerprint density at radius 2 is 2.33 bits per heavy atom. The van der Waals surface area contributed by atoms with Gasteiger partial charge in [-0.05, 0) is 0 Å². The molecule has 4 nitrogen and oxygen atoms in total. The Morgan fingerprint density at radius 3 is 2.92 bits per heavy atom. The molecule has 0 aromatic carbocycles. The van der Waals surface area contributed by atoms with E-state index in [1.54, 1.807) is 7.11 Å². The van der Waals surface area contributed by atoms with Crippen LogP contribution in [0.15, 0.2) is 6.07 Å². The van der Waals surface area contributed by atoms with Crippen molar-refractivity contribution >= 4 is 20.9 Å². The molecule has 0 saturated heterocycles. The number of methoxy groups -OCH3 is 1. The molecule has 0 atom stereocenters. The van der Waals surface area contributed by atoms with Gasteiger partial charge in [0.25, 0.3) is 0 Å². The van der Waals surface area contributed by atoms with E-state index in [4.69, 9.17) is 10.5 Å². The van der Waals surface area contributed by atoms with Gasteiger partial charge in [0.05, 0.1) is 0 Å². The fraction of sp³-hybridized carbons (Fsp3) is 0.429. The number of anilines is 1. The molecule has 0 aliphatic rings. The van der Waals surface area contributed by atoms with E-state index in [0.717, 1.165) is 11.0 Å². The molecule has 5 heteroatoms. The monoisotopic (exact) mass is 233 g/mol. The zero-order valence-corrected chi connectivity index (χ0v) is 8.79. The average Bonchev–Trinajstić information content (AvgIpc) is 2.04. The fourth-order valence-electron chi connectivity index (χ4n) is 0.819. The molecule has 0 bridgehead atoms. The second kappa shape index (κ2) is 4.28. The molecule has 1 aromatic rings. The summed E-state index contributed by atoms with van der Waals surface area (Å²) < 4.78 is 4.96. The zero-order chi connectivity index (χ0) is 8.97. The second-order valence-electron chi connectivity index (χ2n) is 2.19. The SMILES string of the molecule is COc1cc(C[Se]C)nc(N)n1. The first-order chi connectivity index (χ1) is 5.76. The van der Waals surface area contributed by atoms with Crippen LogP contribution in [0.4, 0.5) is 5.95 Å². The molecule has 0 saturated carbocycles. The van der Waals surface area contributed by atoms with Crippen LogP contribution < -0.4 is 10.5 Å². The first-order valence-corrected chi connectivity index (χ1v) is 6.35. The summed E-state index contributed by atoms with van der Waals surface area (Å²) in [5.41, 5.74) is 6.43. The minimum absolute atomic E-state index is 0.286. The summed E-state index contributed by atoms with van der Waals surface area (Å²) in [6.07, 6.45) is 0. The maximum absolute atomic E-state index is 5.47. The summed E-state index contributed by atoms with van der Waals surface area (Å²) in [4.78, 5) is 7.96. The van der Waals surface area contributed by atoms with Crippen molar-refractivity contribution in [3.8, 4) is 5.88 Å². The number of nitrogens with zero attached hydrogens (tertiary/aromatic N) is 2. The van der Waals surface area contributed by atoms with Crippen molar-refractivity contribution < 1.29 is 4.74 Å². The predicted octanol–water partition coefficient (Wildman–Crippen LogP) is 0.320. The summed E-state index contributed by atoms with van der Waals surface area (Å²) in [5.74, 6) is 2.98. The Hall–Kier alpha value is -0.801. The molecule has 1 heterocycles. The van der Waals surface area contributed by atoms with Gasteiger partial charge < -0.3 is 0 Å². The summed E-state index contributed by atoms with van der Waals surface area (Å²) in [5, 5.41) is 0.968. The van der Waals surface area contributed by atoms with E-state index in [1.807, 2.05) is 6.07 Å². The Morgan fingerprint density at radius 1 is 1.58 bits per heavy atom. The van der Waals surface area contributed by atoms with E-state index in [2.05, 4.69) is 15.8 Å². The number of hydrogen-bond acceptors (Lipinski definition) is 4. The van der Waals surface area contributed by atoms with Crippen molar-refractivity contribution in [1.82, 2.24) is 9.97 Å². The van der Waals surface area contributed by atoms with Gasteiger partial charge in [-0.1, -0.05) is 0 Å². The predicted molar refractivity (Wildman–Crippen MR) is 48.3 cm³/mol. The molecule has 66 valence electrons. The topological polar surface area (TPSA) is 61.0 Å². The van der Waals surface area contributed by atoms with E-state index in [0.29, 0.717) is 20.8 Å². The third kappa shape index (κ3) is 2.36. The van der Waals surface area contributed by atoms with Crippen molar-refractivity contribution in [3.63, 3.8) is 0 Å². The molecule has 0 aliphatic carbocycles. The number of hydrogen-bond donors (Lipinski definition) is 1. The summed E-state index contributed by atoms with van der Waals surface area (Å²) in [6, 6.07) is 1.82. The van der Waals surface area contributed by atoms with Crippen molar-refractivity contribution in [3.05, 3.63) is 11.8 Å². The van der Waals surface area contributed by atoms with Gasteiger partial charge in [0.2, 0.25) is 0 Å². The zero-order valence-electron chi connectivity index (χ0n) is 7.07. The molecule has 0 radical (unpaired) electrons. The first-order valence-electron chi connectivity index (χ1n) is 3.42. The number of nitrogens with two attached hydrogens (primary N) is 1. The van der Waals surface area contributed by atoms with Crippen LogP contribution in [0, 0.1) is 0 Å². The van der Waals surface area contributed by atoms with Crippen LogP contribution in [0.1, 0.15) is 5.69 Å². The molecule has 1 aromatic heterocycles. The van der Waals surface area contributed by atoms with Crippen LogP contribution in [0.5, 0.6) is 5.88 Å². The van der Waals surface area contributed by atoms with Crippen molar-refractivity contribution in [2.45, 2.75) is 11.1 Å². The first kappa shape index (κ1) is 9.29. The maximum atomic E-state index is 5.47. The third-order valence-electron chi connectivity index (χ3n) is 1.27. The van der Waals surface area contributed by atoms with Crippen LogP contribution >= 0.6 is 0 Å². The molecule has 0 unspecified atom stereocenters. The molecule has 12 heavy (non-hydrogen) atoms. The van der Waals surface area contributed by atoms with E-state index in [-0.39, 0.29) is 5.95 Å². The van der Waals surface area contributed by atoms with Crippen molar-refractivity contribution in [2.24, 2.45) is 0 Å². The molecule has 2 N–H and O–H groups in total. The van der Waals surface area contributed by atoms with Gasteiger partial charge in [0.1, 0.15) is 0 Å². The third-order valence-corrected chi connectivity index (χ3v) is 2.50. The number of ether oxygens (including phenoxy) is 1. The van der Waals surface area contributed by atoms with Gasteiger partial charge in [-0.3, -0.25) is 0 Å². The average molecular weight is 232 g/mol. The molecule has 0 amide bonds. The second-order valence-corrected chi connectivity index (χ2v) is 4.01. The van der Waals surface area contributed by atoms with Gasteiger partial charge in [-0.2, -0.15) is 0 Å². The van der Waals surface area contributed by atoms with Crippen LogP contribution in [-0.2, 0) is 5.32 Å². The standard InChI is InChI=1S/C7H11N3OSe/c1-11-6-3-5(4-12-2)9-7(8)10-6/h3H,4H2,1-2H3,(H2,8,9,10). The Bertz CT molecular complexity index is 267. The van der Waals surface area contributed by atoms with E-state index in [1.165, 1.54) is 0 Å². The molecule has 0 aliphatic heterocycles. The summed E-state index contributed by atoms with van der Waals surface area (Å²) in [6.45, 7) is 0. The summed E-state index contributed by atoms with van der Waals surface area (Å²) in [7, 11) is 1.57. The van der Waals surface area contributed by atoms with Crippen molar-refractivity contribution in [1.29, 1.82) is 0 Å². The van der Waals surface area contributed by atoms with E-state index < -0.39 is 0 Å². The number of nitrogen functional groups attached to an aromatic ring is 1. The number of aromatic nitrogens is 2. The van der Waals surface area contributed by atoms with Gasteiger partial charge in [-0.25, -0.2) is 0 Å². The van der Waals surface area contributed by atoms with Gasteiger partial charge in [0.15, 0.2) is 0 Å². The van der Waals surface area contributed by atoms with Crippen LogP contribution in [0.2, 0.25) is 5.82 Å². The molecular weight excluding hydrogens is 221 g/mol. The quantitative estimate of drug-likeness (QED) is 0.762. The minimum atomic E-state index is 0.286. The van der Waals surface area contributed by atoms with Crippen LogP contribution in [-0.4, -0.2) is 32.0 Å². The molecule has 0 fully saturated rings. The van der Waals surface area contributed by atoms with Crippen molar-refractivity contribution in [2.75, 3.05) is 12.8 Å². The molecule has 0 spiro atoms. The van der Waals surface area contributed by atoms with Gasteiger partial charge in [-0.15, -0.1) is 0 Å². The Balaban J connectivity index is 2.90. The normalized spacial score (nSPS) is 9.83. The molecule has 1 rings (SSSR count). The fourth-order valence-corrected chi connectivity index (χ4v) is 1.75. The van der Waals surface area contributed by atoms with E-state index >= 15 is 0 Å². The van der Waals surface area contributed by atoms with Gasteiger partial charge >= 0.3 is 77.2 Å².